The SMILES string of the molecule is CC(=O)N[C@@]12CC3CC(C1)[C@](CC(=O)N1CC(O)C1)(c1ccc(F)cc1)C3C2. The average Bonchev–Trinajstić information content (AvgIpc) is 2.97. The molecule has 5 aliphatic rings. The van der Waals surface area contributed by atoms with E-state index in [1.54, 1.807) is 11.8 Å². The van der Waals surface area contributed by atoms with Gasteiger partial charge in [-0.05, 0) is 61.1 Å². The van der Waals surface area contributed by atoms with Gasteiger partial charge in [-0.25, -0.2) is 4.39 Å². The Balaban J connectivity index is 1.51. The van der Waals surface area contributed by atoms with E-state index >= 15 is 0 Å². The predicted molar refractivity (Wildman–Crippen MR) is 101 cm³/mol. The van der Waals surface area contributed by atoms with Gasteiger partial charge < -0.3 is 15.3 Å². The molecule has 4 bridgehead atoms. The van der Waals surface area contributed by atoms with Crippen LogP contribution in [0, 0.1) is 23.6 Å². The number of rotatable bonds is 4. The molecule has 4 aliphatic carbocycles. The van der Waals surface area contributed by atoms with Crippen LogP contribution in [0.2, 0.25) is 0 Å². The molecule has 1 aromatic carbocycles. The van der Waals surface area contributed by atoms with Crippen molar-refractivity contribution in [1.82, 2.24) is 10.2 Å². The van der Waals surface area contributed by atoms with E-state index in [9.17, 15) is 19.1 Å². The lowest BCUT2D eigenvalue weighted by Crippen LogP contribution is -2.58. The molecule has 1 saturated heterocycles. The van der Waals surface area contributed by atoms with E-state index in [1.807, 2.05) is 12.1 Å². The van der Waals surface area contributed by atoms with Crippen LogP contribution in [0.5, 0.6) is 0 Å². The third kappa shape index (κ3) is 2.53. The number of nitrogens with one attached hydrogen (secondary N) is 1. The summed E-state index contributed by atoms with van der Waals surface area (Å²) in [5, 5.41) is 12.8. The first-order valence-electron chi connectivity index (χ1n) is 10.3. The Labute approximate surface area is 164 Å². The van der Waals surface area contributed by atoms with Crippen LogP contribution in [0.25, 0.3) is 0 Å². The molecule has 4 saturated carbocycles. The number of aliphatic hydroxyl groups is 1. The second-order valence-electron chi connectivity index (χ2n) is 9.55. The van der Waals surface area contributed by atoms with Gasteiger partial charge in [0.2, 0.25) is 11.8 Å². The van der Waals surface area contributed by atoms with E-state index in [-0.39, 0.29) is 28.6 Å². The second kappa shape index (κ2) is 6.02. The lowest BCUT2D eigenvalue weighted by molar-refractivity contribution is -0.144. The maximum atomic E-state index is 13.6. The van der Waals surface area contributed by atoms with Crippen molar-refractivity contribution in [1.29, 1.82) is 0 Å². The molecule has 0 aromatic heterocycles. The molecule has 6 heteroatoms. The minimum atomic E-state index is -0.412. The summed E-state index contributed by atoms with van der Waals surface area (Å²) in [7, 11) is 0. The number of carbonyl (C=O) groups is 2. The van der Waals surface area contributed by atoms with Crippen LogP contribution in [-0.4, -0.2) is 46.6 Å². The molecule has 150 valence electrons. The highest BCUT2D eigenvalue weighted by Crippen LogP contribution is 2.69. The Bertz CT molecular complexity index is 818. The number of aliphatic hydroxyl groups excluding tert-OH is 1. The van der Waals surface area contributed by atoms with Crippen LogP contribution in [-0.2, 0) is 15.0 Å². The minimum absolute atomic E-state index is 0.0139. The third-order valence-corrected chi connectivity index (χ3v) is 7.93. The van der Waals surface area contributed by atoms with Gasteiger partial charge in [0.25, 0.3) is 0 Å². The number of benzene rings is 1. The molecule has 5 atom stereocenters. The first-order chi connectivity index (χ1) is 13.3. The highest BCUT2D eigenvalue weighted by molar-refractivity contribution is 5.79. The molecule has 3 unspecified atom stereocenters. The largest absolute Gasteiger partial charge is 0.389 e. The zero-order chi connectivity index (χ0) is 19.7. The second-order valence-corrected chi connectivity index (χ2v) is 9.55. The number of hydrogen-bond donors (Lipinski definition) is 2. The molecule has 2 amide bonds. The zero-order valence-corrected chi connectivity index (χ0v) is 16.2. The topological polar surface area (TPSA) is 69.6 Å². The fourth-order valence-electron chi connectivity index (χ4n) is 7.08. The molecule has 1 heterocycles. The van der Waals surface area contributed by atoms with Gasteiger partial charge >= 0.3 is 0 Å². The fourth-order valence-corrected chi connectivity index (χ4v) is 7.08. The van der Waals surface area contributed by atoms with Crippen molar-refractivity contribution in [3.05, 3.63) is 35.6 Å². The van der Waals surface area contributed by atoms with Gasteiger partial charge in [-0.2, -0.15) is 0 Å². The van der Waals surface area contributed by atoms with Crippen LogP contribution < -0.4 is 5.32 Å². The Morgan fingerprint density at radius 3 is 2.54 bits per heavy atom. The molecule has 0 radical (unpaired) electrons. The van der Waals surface area contributed by atoms with Crippen LogP contribution in [0.4, 0.5) is 4.39 Å². The maximum absolute atomic E-state index is 13.6. The Morgan fingerprint density at radius 1 is 1.21 bits per heavy atom. The molecule has 2 N–H and O–H groups in total. The molecular weight excluding hydrogens is 359 g/mol. The van der Waals surface area contributed by atoms with E-state index in [1.165, 1.54) is 12.1 Å². The summed E-state index contributed by atoms with van der Waals surface area (Å²) in [4.78, 5) is 26.6. The van der Waals surface area contributed by atoms with Crippen LogP contribution in [0.15, 0.2) is 24.3 Å². The van der Waals surface area contributed by atoms with Crippen molar-refractivity contribution < 1.29 is 19.1 Å². The zero-order valence-electron chi connectivity index (χ0n) is 16.2. The van der Waals surface area contributed by atoms with Crippen molar-refractivity contribution in [3.8, 4) is 0 Å². The Kier molecular flexibility index (Phi) is 3.89. The smallest absolute Gasteiger partial charge is 0.223 e. The lowest BCUT2D eigenvalue weighted by Gasteiger charge is -2.50. The monoisotopic (exact) mass is 386 g/mol. The first kappa shape index (κ1) is 18.1. The quantitative estimate of drug-likeness (QED) is 0.831. The highest BCUT2D eigenvalue weighted by Gasteiger charge is 2.68. The number of β-amino-alcohol motifs (C(OH)–C–C–N with tert-alkyl or cyclic N) is 1. The van der Waals surface area contributed by atoms with E-state index in [0.29, 0.717) is 37.3 Å². The number of carbonyl (C=O) groups excluding carboxylic acids is 2. The third-order valence-electron chi connectivity index (χ3n) is 7.93. The predicted octanol–water partition coefficient (Wildman–Crippen LogP) is 1.98. The normalized spacial score (nSPS) is 38.5. The maximum Gasteiger partial charge on any atom is 0.223 e. The van der Waals surface area contributed by atoms with Crippen molar-refractivity contribution in [3.63, 3.8) is 0 Å². The molecule has 5 nitrogen and oxygen atoms in total. The highest BCUT2D eigenvalue weighted by atomic mass is 19.1. The Morgan fingerprint density at radius 2 is 1.93 bits per heavy atom. The Hall–Kier alpha value is -1.95. The summed E-state index contributed by atoms with van der Waals surface area (Å²) in [6.45, 7) is 2.40. The van der Waals surface area contributed by atoms with Crippen molar-refractivity contribution >= 4 is 11.8 Å². The van der Waals surface area contributed by atoms with E-state index in [2.05, 4.69) is 5.32 Å². The molecule has 1 aliphatic heterocycles. The number of nitrogens with zero attached hydrogens (tertiary/aromatic N) is 1. The number of likely N-dealkylation sites (tertiary alicyclic amines) is 1. The van der Waals surface area contributed by atoms with Gasteiger partial charge in [0.05, 0.1) is 6.10 Å². The van der Waals surface area contributed by atoms with E-state index in [0.717, 1.165) is 31.2 Å². The van der Waals surface area contributed by atoms with Gasteiger partial charge in [-0.1, -0.05) is 12.1 Å². The molecule has 5 fully saturated rings. The van der Waals surface area contributed by atoms with Gasteiger partial charge in [0.1, 0.15) is 5.82 Å². The number of halogens is 1. The molecule has 0 spiro atoms. The van der Waals surface area contributed by atoms with Crippen LogP contribution in [0.1, 0.15) is 44.6 Å². The van der Waals surface area contributed by atoms with Crippen LogP contribution in [0.3, 0.4) is 0 Å². The standard InChI is InChI=1S/C22H27FN2O3/c1-13(26)24-21-7-14-6-16(8-21)22(19(14)9-21,15-2-4-17(23)5-3-15)10-20(28)25-11-18(27)12-25/h2-5,14,16,18-19,27H,6-12H2,1H3,(H,24,26)/t14?,16?,19?,21-,22-/m0/s1. The molecular formula is C22H27FN2O3. The molecule has 28 heavy (non-hydrogen) atoms. The number of amides is 2. The van der Waals surface area contributed by atoms with Crippen LogP contribution >= 0.6 is 0 Å². The fraction of sp³-hybridized carbons (Fsp3) is 0.636. The molecule has 1 aromatic rings. The van der Waals surface area contributed by atoms with Gasteiger partial charge in [-0.15, -0.1) is 0 Å². The summed E-state index contributed by atoms with van der Waals surface area (Å²) in [6.07, 6.45) is 3.82. The van der Waals surface area contributed by atoms with Gasteiger partial charge in [0, 0.05) is 37.4 Å². The van der Waals surface area contributed by atoms with Gasteiger partial charge in [-0.3, -0.25) is 9.59 Å². The number of hydrogen-bond acceptors (Lipinski definition) is 3. The van der Waals surface area contributed by atoms with E-state index < -0.39 is 6.10 Å². The van der Waals surface area contributed by atoms with Crippen molar-refractivity contribution in [2.24, 2.45) is 17.8 Å². The first-order valence-corrected chi connectivity index (χ1v) is 10.3. The van der Waals surface area contributed by atoms with Gasteiger partial charge in [0.15, 0.2) is 0 Å². The summed E-state index contributed by atoms with van der Waals surface area (Å²) in [5.74, 6) is 0.944. The average molecular weight is 386 g/mol. The lowest BCUT2D eigenvalue weighted by atomic mass is 9.57. The summed E-state index contributed by atoms with van der Waals surface area (Å²) in [5.41, 5.74) is 0.622. The van der Waals surface area contributed by atoms with Crippen molar-refractivity contribution in [2.75, 3.05) is 13.1 Å². The minimum Gasteiger partial charge on any atom is -0.389 e. The molecule has 6 rings (SSSR count). The van der Waals surface area contributed by atoms with Crippen molar-refractivity contribution in [2.45, 2.75) is 56.1 Å². The van der Waals surface area contributed by atoms with E-state index in [4.69, 9.17) is 0 Å². The summed E-state index contributed by atoms with van der Waals surface area (Å²) in [6, 6.07) is 6.70. The summed E-state index contributed by atoms with van der Waals surface area (Å²) < 4.78 is 13.6. The summed E-state index contributed by atoms with van der Waals surface area (Å²) >= 11 is 0.